The van der Waals surface area contributed by atoms with Gasteiger partial charge in [0, 0.05) is 17.8 Å². The van der Waals surface area contributed by atoms with Gasteiger partial charge in [0.2, 0.25) is 0 Å². The maximum atomic E-state index is 12.1. The molecule has 2 aromatic carbocycles. The van der Waals surface area contributed by atoms with Crippen LogP contribution in [0.1, 0.15) is 18.5 Å². The monoisotopic (exact) mass is 373 g/mol. The molecular formula is C18H19N3O6. The predicted molar refractivity (Wildman–Crippen MR) is 97.8 cm³/mol. The Labute approximate surface area is 155 Å². The normalized spacial score (nSPS) is 11.2. The Bertz CT molecular complexity index is 851. The first-order valence-corrected chi connectivity index (χ1v) is 7.94. The van der Waals surface area contributed by atoms with Crippen LogP contribution in [0.25, 0.3) is 0 Å². The standard InChI is InChI=1S/C18H19N3O6/c1-11(12-4-9-15(26-2)16(10-12)27-3)19-17(22)18(23)20-13-5-7-14(8-6-13)21(24)25/h4-11H,1-3H3,(H,19,22)(H,20,23). The van der Waals surface area contributed by atoms with Gasteiger partial charge in [0.1, 0.15) is 0 Å². The number of hydrogen-bond acceptors (Lipinski definition) is 6. The van der Waals surface area contributed by atoms with Gasteiger partial charge in [-0.25, -0.2) is 0 Å². The van der Waals surface area contributed by atoms with Crippen molar-refractivity contribution in [1.29, 1.82) is 0 Å². The fourth-order valence-corrected chi connectivity index (χ4v) is 2.32. The third-order valence-electron chi connectivity index (χ3n) is 3.80. The van der Waals surface area contributed by atoms with Crippen molar-refractivity contribution in [2.45, 2.75) is 13.0 Å². The van der Waals surface area contributed by atoms with Crippen molar-refractivity contribution in [3.05, 3.63) is 58.1 Å². The smallest absolute Gasteiger partial charge is 0.313 e. The summed E-state index contributed by atoms with van der Waals surface area (Å²) in [5, 5.41) is 15.6. The Balaban J connectivity index is 2.01. The molecule has 0 saturated carbocycles. The molecule has 0 saturated heterocycles. The molecule has 0 aromatic heterocycles. The highest BCUT2D eigenvalue weighted by molar-refractivity contribution is 6.39. The molecule has 9 nitrogen and oxygen atoms in total. The minimum absolute atomic E-state index is 0.112. The van der Waals surface area contributed by atoms with E-state index in [0.717, 1.165) is 5.56 Å². The number of rotatable bonds is 6. The molecule has 0 aliphatic carbocycles. The molecule has 2 amide bonds. The second-order valence-electron chi connectivity index (χ2n) is 5.57. The Kier molecular flexibility index (Phi) is 6.32. The van der Waals surface area contributed by atoms with E-state index in [-0.39, 0.29) is 11.4 Å². The topological polar surface area (TPSA) is 120 Å². The van der Waals surface area contributed by atoms with Gasteiger partial charge in [-0.3, -0.25) is 19.7 Å². The quantitative estimate of drug-likeness (QED) is 0.456. The SMILES string of the molecule is COc1ccc(C(C)NC(=O)C(=O)Nc2ccc([N+](=O)[O-])cc2)cc1OC. The number of non-ortho nitro benzene ring substituents is 1. The van der Waals surface area contributed by atoms with E-state index in [0.29, 0.717) is 11.5 Å². The Morgan fingerprint density at radius 3 is 2.19 bits per heavy atom. The summed E-state index contributed by atoms with van der Waals surface area (Å²) in [6, 6.07) is 9.87. The molecule has 27 heavy (non-hydrogen) atoms. The van der Waals surface area contributed by atoms with E-state index in [4.69, 9.17) is 9.47 Å². The van der Waals surface area contributed by atoms with Crippen LogP contribution >= 0.6 is 0 Å². The van der Waals surface area contributed by atoms with Crippen LogP contribution in [-0.4, -0.2) is 31.0 Å². The molecule has 0 fully saturated rings. The van der Waals surface area contributed by atoms with Crippen LogP contribution in [0.15, 0.2) is 42.5 Å². The molecular weight excluding hydrogens is 354 g/mol. The van der Waals surface area contributed by atoms with E-state index in [1.165, 1.54) is 38.5 Å². The average molecular weight is 373 g/mol. The molecule has 2 aromatic rings. The van der Waals surface area contributed by atoms with Gasteiger partial charge in [-0.15, -0.1) is 0 Å². The first kappa shape index (κ1) is 19.7. The van der Waals surface area contributed by atoms with E-state index in [2.05, 4.69) is 10.6 Å². The maximum Gasteiger partial charge on any atom is 0.313 e. The number of nitro benzene ring substituents is 1. The lowest BCUT2D eigenvalue weighted by Gasteiger charge is -2.16. The third-order valence-corrected chi connectivity index (χ3v) is 3.80. The van der Waals surface area contributed by atoms with Crippen LogP contribution < -0.4 is 20.1 Å². The number of amides is 2. The molecule has 0 radical (unpaired) electrons. The Morgan fingerprint density at radius 1 is 1.00 bits per heavy atom. The number of nitrogens with one attached hydrogen (secondary N) is 2. The van der Waals surface area contributed by atoms with Crippen LogP contribution in [0.2, 0.25) is 0 Å². The van der Waals surface area contributed by atoms with Crippen LogP contribution in [0.5, 0.6) is 11.5 Å². The van der Waals surface area contributed by atoms with Gasteiger partial charge < -0.3 is 20.1 Å². The number of methoxy groups -OCH3 is 2. The Hall–Kier alpha value is -3.62. The zero-order valence-electron chi connectivity index (χ0n) is 15.0. The number of anilines is 1. The summed E-state index contributed by atoms with van der Waals surface area (Å²) in [7, 11) is 3.02. The molecule has 2 N–H and O–H groups in total. The summed E-state index contributed by atoms with van der Waals surface area (Å²) in [6.45, 7) is 1.72. The lowest BCUT2D eigenvalue weighted by molar-refractivity contribution is -0.384. The second kappa shape index (κ2) is 8.65. The van der Waals surface area contributed by atoms with E-state index < -0.39 is 22.8 Å². The fraction of sp³-hybridized carbons (Fsp3) is 0.222. The van der Waals surface area contributed by atoms with Crippen molar-refractivity contribution >= 4 is 23.2 Å². The molecule has 2 rings (SSSR count). The van der Waals surface area contributed by atoms with Gasteiger partial charge in [0.05, 0.1) is 25.2 Å². The first-order valence-electron chi connectivity index (χ1n) is 7.94. The van der Waals surface area contributed by atoms with Gasteiger partial charge in [-0.1, -0.05) is 6.07 Å². The van der Waals surface area contributed by atoms with Crippen LogP contribution in [0, 0.1) is 10.1 Å². The van der Waals surface area contributed by atoms with Crippen LogP contribution in [-0.2, 0) is 9.59 Å². The highest BCUT2D eigenvalue weighted by Gasteiger charge is 2.18. The van der Waals surface area contributed by atoms with Crippen molar-refractivity contribution in [3.63, 3.8) is 0 Å². The summed E-state index contributed by atoms with van der Waals surface area (Å²) in [5.41, 5.74) is 0.892. The number of carbonyl (C=O) groups excluding carboxylic acids is 2. The van der Waals surface area contributed by atoms with Gasteiger partial charge in [0.25, 0.3) is 5.69 Å². The number of hydrogen-bond donors (Lipinski definition) is 2. The highest BCUT2D eigenvalue weighted by Crippen LogP contribution is 2.29. The summed E-state index contributed by atoms with van der Waals surface area (Å²) in [4.78, 5) is 34.2. The largest absolute Gasteiger partial charge is 0.493 e. The first-order chi connectivity index (χ1) is 12.8. The van der Waals surface area contributed by atoms with Crippen molar-refractivity contribution in [3.8, 4) is 11.5 Å². The molecule has 0 aliphatic rings. The second-order valence-corrected chi connectivity index (χ2v) is 5.57. The molecule has 0 heterocycles. The van der Waals surface area contributed by atoms with Crippen LogP contribution in [0.3, 0.4) is 0 Å². The van der Waals surface area contributed by atoms with Gasteiger partial charge in [0.15, 0.2) is 11.5 Å². The number of carbonyl (C=O) groups is 2. The fourth-order valence-electron chi connectivity index (χ4n) is 2.32. The molecule has 0 spiro atoms. The van der Waals surface area contributed by atoms with E-state index in [1.807, 2.05) is 0 Å². The number of benzene rings is 2. The Morgan fingerprint density at radius 2 is 1.63 bits per heavy atom. The van der Waals surface area contributed by atoms with Crippen molar-refractivity contribution in [2.75, 3.05) is 19.5 Å². The minimum Gasteiger partial charge on any atom is -0.493 e. The van der Waals surface area contributed by atoms with E-state index >= 15 is 0 Å². The predicted octanol–water partition coefficient (Wildman–Crippen LogP) is 2.43. The van der Waals surface area contributed by atoms with E-state index in [9.17, 15) is 19.7 Å². The summed E-state index contributed by atoms with van der Waals surface area (Å²) < 4.78 is 10.4. The van der Waals surface area contributed by atoms with Gasteiger partial charge in [-0.2, -0.15) is 0 Å². The average Bonchev–Trinajstić information content (AvgIpc) is 2.67. The van der Waals surface area contributed by atoms with Crippen molar-refractivity contribution in [2.24, 2.45) is 0 Å². The summed E-state index contributed by atoms with van der Waals surface area (Å²) >= 11 is 0. The molecule has 0 bridgehead atoms. The number of nitrogens with zero attached hydrogens (tertiary/aromatic N) is 1. The lowest BCUT2D eigenvalue weighted by atomic mass is 10.1. The summed E-state index contributed by atoms with van der Waals surface area (Å²) in [6.07, 6.45) is 0. The third kappa shape index (κ3) is 4.94. The van der Waals surface area contributed by atoms with Crippen molar-refractivity contribution in [1.82, 2.24) is 5.32 Å². The molecule has 9 heteroatoms. The zero-order valence-corrected chi connectivity index (χ0v) is 15.0. The number of ether oxygens (including phenoxy) is 2. The minimum atomic E-state index is -0.879. The molecule has 1 atom stereocenters. The zero-order chi connectivity index (χ0) is 20.0. The van der Waals surface area contributed by atoms with Crippen molar-refractivity contribution < 1.29 is 24.0 Å². The van der Waals surface area contributed by atoms with E-state index in [1.54, 1.807) is 25.1 Å². The molecule has 142 valence electrons. The molecule has 0 aliphatic heterocycles. The number of nitro groups is 1. The van der Waals surface area contributed by atoms with Gasteiger partial charge >= 0.3 is 11.8 Å². The van der Waals surface area contributed by atoms with Crippen LogP contribution in [0.4, 0.5) is 11.4 Å². The highest BCUT2D eigenvalue weighted by atomic mass is 16.6. The maximum absolute atomic E-state index is 12.1. The summed E-state index contributed by atoms with van der Waals surface area (Å²) in [5.74, 6) is -0.658. The van der Waals surface area contributed by atoms with Gasteiger partial charge in [-0.05, 0) is 36.8 Å². The molecule has 1 unspecified atom stereocenters. The lowest BCUT2D eigenvalue weighted by Crippen LogP contribution is -2.36.